The van der Waals surface area contributed by atoms with Gasteiger partial charge in [-0.1, -0.05) is 49.9 Å². The van der Waals surface area contributed by atoms with Gasteiger partial charge in [0.2, 0.25) is 0 Å². The van der Waals surface area contributed by atoms with E-state index < -0.39 is 32.6 Å². The maximum Gasteiger partial charge on any atom is 0.301 e. The zero-order valence-corrected chi connectivity index (χ0v) is 26.7. The SMILES string of the molecule is CN(C)S(=O)(=O)Nc1cccc(C(O)CNCCCCCCCCNCC(O)c2cccc(NS(=O)(=O)N(C)C)c2)c1. The van der Waals surface area contributed by atoms with Gasteiger partial charge in [-0.05, 0) is 61.3 Å². The molecule has 238 valence electrons. The highest BCUT2D eigenvalue weighted by molar-refractivity contribution is 7.90. The summed E-state index contributed by atoms with van der Waals surface area (Å²) in [4.78, 5) is 0. The molecule has 2 unspecified atom stereocenters. The third kappa shape index (κ3) is 12.9. The van der Waals surface area contributed by atoms with Crippen molar-refractivity contribution < 1.29 is 27.0 Å². The quantitative estimate of drug-likeness (QED) is 0.115. The Morgan fingerprint density at radius 1 is 0.619 bits per heavy atom. The van der Waals surface area contributed by atoms with Gasteiger partial charge in [0, 0.05) is 41.3 Å². The minimum atomic E-state index is -3.60. The highest BCUT2D eigenvalue weighted by Gasteiger charge is 2.16. The number of hydrogen-bond donors (Lipinski definition) is 6. The summed E-state index contributed by atoms with van der Waals surface area (Å²) in [5.41, 5.74) is 2.10. The standard InChI is InChI=1S/C28H48N6O6S2/c1-33(2)41(37,38)31-25-15-11-13-23(19-25)27(35)21-29-17-9-7-5-6-8-10-18-30-22-28(36)24-14-12-16-26(20-24)32-42(39,40)34(3)4/h11-16,19-20,27-32,35-36H,5-10,17-18,21-22H2,1-4H3. The molecule has 2 aromatic carbocycles. The molecule has 0 saturated carbocycles. The molecule has 0 bridgehead atoms. The maximum atomic E-state index is 12.0. The molecule has 2 atom stereocenters. The van der Waals surface area contributed by atoms with Crippen molar-refractivity contribution in [2.75, 3.05) is 63.8 Å². The Labute approximate surface area is 251 Å². The number of nitrogens with one attached hydrogen (secondary N) is 4. The second kappa shape index (κ2) is 17.7. The fourth-order valence-electron chi connectivity index (χ4n) is 4.02. The zero-order valence-electron chi connectivity index (χ0n) is 25.1. The van der Waals surface area contributed by atoms with Crippen LogP contribution in [0.25, 0.3) is 0 Å². The van der Waals surface area contributed by atoms with Gasteiger partial charge in [0.25, 0.3) is 0 Å². The number of nitrogens with zero attached hydrogens (tertiary/aromatic N) is 2. The summed E-state index contributed by atoms with van der Waals surface area (Å²) < 4.78 is 55.2. The predicted molar refractivity (Wildman–Crippen MR) is 169 cm³/mol. The molecule has 42 heavy (non-hydrogen) atoms. The number of anilines is 2. The lowest BCUT2D eigenvalue weighted by molar-refractivity contribution is 0.174. The van der Waals surface area contributed by atoms with Crippen LogP contribution in [0.1, 0.15) is 61.9 Å². The van der Waals surface area contributed by atoms with Crippen LogP contribution < -0.4 is 20.1 Å². The van der Waals surface area contributed by atoms with Gasteiger partial charge < -0.3 is 20.8 Å². The van der Waals surface area contributed by atoms with Gasteiger partial charge in [0.05, 0.1) is 23.6 Å². The number of rotatable bonds is 21. The van der Waals surface area contributed by atoms with Gasteiger partial charge in [-0.15, -0.1) is 0 Å². The van der Waals surface area contributed by atoms with Crippen molar-refractivity contribution >= 4 is 31.8 Å². The Morgan fingerprint density at radius 2 is 0.976 bits per heavy atom. The molecule has 12 nitrogen and oxygen atoms in total. The van der Waals surface area contributed by atoms with Gasteiger partial charge in [-0.2, -0.15) is 25.4 Å². The minimum Gasteiger partial charge on any atom is -0.387 e. The van der Waals surface area contributed by atoms with E-state index in [1.165, 1.54) is 28.2 Å². The van der Waals surface area contributed by atoms with Crippen LogP contribution in [0.4, 0.5) is 11.4 Å². The Hall–Kier alpha value is -2.30. The lowest BCUT2D eigenvalue weighted by Crippen LogP contribution is -2.29. The van der Waals surface area contributed by atoms with Crippen molar-refractivity contribution in [1.29, 1.82) is 0 Å². The molecule has 0 heterocycles. The predicted octanol–water partition coefficient (Wildman–Crippen LogP) is 2.41. The Kier molecular flexibility index (Phi) is 15.2. The van der Waals surface area contributed by atoms with Gasteiger partial charge >= 0.3 is 20.4 Å². The molecule has 0 radical (unpaired) electrons. The first kappa shape index (κ1) is 35.9. The highest BCUT2D eigenvalue weighted by Crippen LogP contribution is 2.20. The average molecular weight is 629 g/mol. The molecule has 2 rings (SSSR count). The van der Waals surface area contributed by atoms with E-state index in [9.17, 15) is 27.0 Å². The topological polar surface area (TPSA) is 163 Å². The number of hydrogen-bond acceptors (Lipinski definition) is 8. The zero-order chi connectivity index (χ0) is 31.2. The summed E-state index contributed by atoms with van der Waals surface area (Å²) in [5, 5.41) is 27.5. The van der Waals surface area contributed by atoms with E-state index in [1.54, 1.807) is 48.5 Å². The molecule has 0 aliphatic carbocycles. The third-order valence-corrected chi connectivity index (χ3v) is 9.54. The molecule has 0 aliphatic heterocycles. The highest BCUT2D eigenvalue weighted by atomic mass is 32.2. The first-order valence-corrected chi connectivity index (χ1v) is 17.1. The van der Waals surface area contributed by atoms with E-state index in [2.05, 4.69) is 20.1 Å². The second-order valence-corrected chi connectivity index (χ2v) is 14.4. The lowest BCUT2D eigenvalue weighted by atomic mass is 10.1. The first-order valence-electron chi connectivity index (χ1n) is 14.2. The van der Waals surface area contributed by atoms with Crippen LogP contribution in [0.5, 0.6) is 0 Å². The van der Waals surface area contributed by atoms with Crippen molar-refractivity contribution in [2.24, 2.45) is 0 Å². The molecule has 2 aromatic rings. The summed E-state index contributed by atoms with van der Waals surface area (Å²) >= 11 is 0. The first-order chi connectivity index (χ1) is 19.8. The van der Waals surface area contributed by atoms with Gasteiger partial charge in [0.15, 0.2) is 0 Å². The average Bonchev–Trinajstić information content (AvgIpc) is 2.93. The van der Waals surface area contributed by atoms with Crippen LogP contribution >= 0.6 is 0 Å². The van der Waals surface area contributed by atoms with E-state index in [0.717, 1.165) is 60.2 Å². The van der Waals surface area contributed by atoms with Crippen LogP contribution in [-0.4, -0.2) is 90.0 Å². The summed E-state index contributed by atoms with van der Waals surface area (Å²) in [6.07, 6.45) is 4.95. The third-order valence-electron chi connectivity index (χ3n) is 6.63. The van der Waals surface area contributed by atoms with Crippen LogP contribution in [0, 0.1) is 0 Å². The number of aliphatic hydroxyl groups excluding tert-OH is 2. The lowest BCUT2D eigenvalue weighted by Gasteiger charge is -2.16. The number of aliphatic hydroxyl groups is 2. The fraction of sp³-hybridized carbons (Fsp3) is 0.571. The monoisotopic (exact) mass is 628 g/mol. The van der Waals surface area contributed by atoms with Gasteiger partial charge in [-0.25, -0.2) is 0 Å². The second-order valence-electron chi connectivity index (χ2n) is 10.6. The smallest absolute Gasteiger partial charge is 0.301 e. The number of benzene rings is 2. The molecule has 0 fully saturated rings. The summed E-state index contributed by atoms with van der Waals surface area (Å²) in [5.74, 6) is 0. The van der Waals surface area contributed by atoms with Crippen LogP contribution in [-0.2, 0) is 20.4 Å². The van der Waals surface area contributed by atoms with Crippen LogP contribution in [0.2, 0.25) is 0 Å². The molecule has 0 aliphatic rings. The molecule has 0 aromatic heterocycles. The summed E-state index contributed by atoms with van der Waals surface area (Å²) in [6, 6.07) is 13.5. The maximum absolute atomic E-state index is 12.0. The molecule has 6 N–H and O–H groups in total. The largest absolute Gasteiger partial charge is 0.387 e. The normalized spacial score (nSPS) is 13.8. The number of unbranched alkanes of at least 4 members (excludes halogenated alkanes) is 5. The summed E-state index contributed by atoms with van der Waals surface area (Å²) in [7, 11) is -1.41. The Balaban J connectivity index is 1.53. The molecular formula is C28H48N6O6S2. The van der Waals surface area contributed by atoms with Gasteiger partial charge in [0.1, 0.15) is 0 Å². The van der Waals surface area contributed by atoms with E-state index >= 15 is 0 Å². The fourth-order valence-corrected chi connectivity index (χ4v) is 5.23. The van der Waals surface area contributed by atoms with Crippen molar-refractivity contribution in [3.63, 3.8) is 0 Å². The molecule has 0 spiro atoms. The molecular weight excluding hydrogens is 580 g/mol. The molecule has 14 heteroatoms. The van der Waals surface area contributed by atoms with Crippen molar-refractivity contribution in [1.82, 2.24) is 19.2 Å². The Morgan fingerprint density at radius 3 is 1.33 bits per heavy atom. The van der Waals surface area contributed by atoms with Crippen LogP contribution in [0.3, 0.4) is 0 Å². The minimum absolute atomic E-state index is 0.386. The van der Waals surface area contributed by atoms with Crippen molar-refractivity contribution in [3.8, 4) is 0 Å². The summed E-state index contributed by atoms with van der Waals surface area (Å²) in [6.45, 7) is 2.36. The molecule has 0 saturated heterocycles. The van der Waals surface area contributed by atoms with E-state index in [0.29, 0.717) is 35.6 Å². The van der Waals surface area contributed by atoms with Crippen LogP contribution in [0.15, 0.2) is 48.5 Å². The Bertz CT molecular complexity index is 1190. The molecule has 0 amide bonds. The van der Waals surface area contributed by atoms with E-state index in [1.807, 2.05) is 0 Å². The van der Waals surface area contributed by atoms with Crippen molar-refractivity contribution in [3.05, 3.63) is 59.7 Å². The van der Waals surface area contributed by atoms with E-state index in [-0.39, 0.29) is 0 Å². The van der Waals surface area contributed by atoms with Gasteiger partial charge in [-0.3, -0.25) is 9.44 Å². The van der Waals surface area contributed by atoms with Crippen molar-refractivity contribution in [2.45, 2.75) is 50.7 Å². The van der Waals surface area contributed by atoms with E-state index in [4.69, 9.17) is 0 Å².